The quantitative estimate of drug-likeness (QED) is 0.132. The molecule has 2 aromatic rings. The zero-order valence-electron chi connectivity index (χ0n) is 22.7. The fourth-order valence-electron chi connectivity index (χ4n) is 3.58. The molecule has 0 saturated carbocycles. The Balaban J connectivity index is 2.46. The fraction of sp³-hybridized carbons (Fsp3) is 0.577. The number of aromatic nitrogens is 1. The molecule has 1 heterocycles. The molecule has 2 N–H and O–H groups in total. The van der Waals surface area contributed by atoms with E-state index in [1.165, 1.54) is 6.92 Å². The molecular weight excluding hydrogens is 496 g/mol. The van der Waals surface area contributed by atoms with Crippen molar-refractivity contribution in [3.8, 4) is 0 Å². The first-order valence-corrected chi connectivity index (χ1v) is 16.2. The molecule has 10 heteroatoms. The lowest BCUT2D eigenvalue weighted by molar-refractivity contribution is -0.168. The van der Waals surface area contributed by atoms with Crippen LogP contribution in [0, 0.1) is 0 Å². The maximum Gasteiger partial charge on any atom is 0.344 e. The summed E-state index contributed by atoms with van der Waals surface area (Å²) in [4.78, 5) is 42.0. The predicted octanol–water partition coefficient (Wildman–Crippen LogP) is 4.83. The highest BCUT2D eigenvalue weighted by Gasteiger charge is 2.51. The van der Waals surface area contributed by atoms with Gasteiger partial charge in [0.05, 0.1) is 18.2 Å². The highest BCUT2D eigenvalue weighted by Crippen LogP contribution is 2.37. The molecule has 0 atom stereocenters. The van der Waals surface area contributed by atoms with Crippen LogP contribution in [0.5, 0.6) is 0 Å². The largest absolute Gasteiger partial charge is 0.464 e. The molecule has 1 amide bonds. The van der Waals surface area contributed by atoms with Gasteiger partial charge in [0.1, 0.15) is 0 Å². The minimum absolute atomic E-state index is 0.0554. The van der Waals surface area contributed by atoms with E-state index in [0.717, 1.165) is 21.5 Å². The summed E-state index contributed by atoms with van der Waals surface area (Å²) in [6.45, 7) is 16.3. The van der Waals surface area contributed by atoms with Crippen LogP contribution in [-0.4, -0.2) is 62.3 Å². The fourth-order valence-corrected chi connectivity index (χ4v) is 5.68. The number of esters is 2. The van der Waals surface area contributed by atoms with Crippen molar-refractivity contribution < 1.29 is 28.3 Å². The average Bonchev–Trinajstić information content (AvgIpc) is 3.12. The van der Waals surface area contributed by atoms with Crippen LogP contribution in [0.1, 0.15) is 47.1 Å². The zero-order chi connectivity index (χ0) is 27.1. The van der Waals surface area contributed by atoms with Gasteiger partial charge >= 0.3 is 11.9 Å². The summed E-state index contributed by atoms with van der Waals surface area (Å²) < 4.78 is 16.8. The third-order valence-corrected chi connectivity index (χ3v) is 12.0. The third kappa shape index (κ3) is 6.92. The molecule has 0 aliphatic heterocycles. The van der Waals surface area contributed by atoms with Crippen molar-refractivity contribution in [3.63, 3.8) is 0 Å². The van der Waals surface area contributed by atoms with Gasteiger partial charge < -0.3 is 24.2 Å². The Morgan fingerprint density at radius 3 is 2.14 bits per heavy atom. The molecule has 0 aliphatic rings. The van der Waals surface area contributed by atoms with Crippen LogP contribution in [0.3, 0.4) is 0 Å². The molecule has 0 aliphatic carbocycles. The number of carbonyl (C=O) groups is 3. The van der Waals surface area contributed by atoms with Crippen LogP contribution in [-0.2, 0) is 34.7 Å². The SMILES string of the molecule is CCOC(=O)C(Cc1c(SCCO[Si](C)(C)C(C)(C)C)[nH]c2ccccc12)(NC(C)=O)C(=O)OCC. The molecule has 2 rings (SSSR count). The van der Waals surface area contributed by atoms with Crippen molar-refractivity contribution >= 4 is 48.8 Å². The lowest BCUT2D eigenvalue weighted by Gasteiger charge is -2.36. The normalized spacial score (nSPS) is 12.4. The average molecular weight is 537 g/mol. The topological polar surface area (TPSA) is 107 Å². The van der Waals surface area contributed by atoms with E-state index in [0.29, 0.717) is 12.4 Å². The van der Waals surface area contributed by atoms with Gasteiger partial charge in [-0.3, -0.25) is 4.79 Å². The van der Waals surface area contributed by atoms with E-state index >= 15 is 0 Å². The lowest BCUT2D eigenvalue weighted by atomic mass is 9.90. The van der Waals surface area contributed by atoms with E-state index in [1.807, 2.05) is 24.3 Å². The molecule has 36 heavy (non-hydrogen) atoms. The summed E-state index contributed by atoms with van der Waals surface area (Å²) in [6.07, 6.45) is -0.111. The number of para-hydroxylation sites is 1. The number of aromatic amines is 1. The van der Waals surface area contributed by atoms with Crippen LogP contribution < -0.4 is 5.32 Å². The van der Waals surface area contributed by atoms with Crippen LogP contribution in [0.2, 0.25) is 18.1 Å². The van der Waals surface area contributed by atoms with Gasteiger partial charge in [0, 0.05) is 36.6 Å². The molecule has 0 saturated heterocycles. The number of benzene rings is 1. The minimum atomic E-state index is -2.00. The summed E-state index contributed by atoms with van der Waals surface area (Å²) in [7, 11) is -1.89. The number of ether oxygens (including phenoxy) is 2. The number of thioether (sulfide) groups is 1. The molecule has 1 aromatic carbocycles. The van der Waals surface area contributed by atoms with Crippen molar-refractivity contribution in [2.75, 3.05) is 25.6 Å². The van der Waals surface area contributed by atoms with Gasteiger partial charge in [-0.1, -0.05) is 39.0 Å². The molecule has 1 aromatic heterocycles. The highest BCUT2D eigenvalue weighted by atomic mass is 32.2. The van der Waals surface area contributed by atoms with Gasteiger partial charge in [-0.05, 0) is 43.6 Å². The maximum atomic E-state index is 13.2. The Labute approximate surface area is 219 Å². The number of fused-ring (bicyclic) bond motifs is 1. The van der Waals surface area contributed by atoms with Crippen LogP contribution in [0.15, 0.2) is 29.3 Å². The van der Waals surface area contributed by atoms with E-state index in [9.17, 15) is 14.4 Å². The van der Waals surface area contributed by atoms with Gasteiger partial charge in [0.25, 0.3) is 0 Å². The second kappa shape index (κ2) is 12.3. The van der Waals surface area contributed by atoms with Crippen molar-refractivity contribution in [2.24, 2.45) is 0 Å². The monoisotopic (exact) mass is 536 g/mol. The Morgan fingerprint density at radius 1 is 1.03 bits per heavy atom. The van der Waals surface area contributed by atoms with E-state index in [4.69, 9.17) is 13.9 Å². The van der Waals surface area contributed by atoms with Crippen molar-refractivity contribution in [2.45, 2.75) is 76.7 Å². The summed E-state index contributed by atoms with van der Waals surface area (Å²) >= 11 is 1.56. The van der Waals surface area contributed by atoms with E-state index in [2.05, 4.69) is 44.2 Å². The number of carbonyl (C=O) groups excluding carboxylic acids is 3. The Kier molecular flexibility index (Phi) is 10.2. The maximum absolute atomic E-state index is 13.2. The molecule has 0 radical (unpaired) electrons. The molecule has 8 nitrogen and oxygen atoms in total. The molecule has 0 bridgehead atoms. The number of H-pyrrole nitrogens is 1. The number of amides is 1. The summed E-state index contributed by atoms with van der Waals surface area (Å²) in [5.41, 5.74) is -0.405. The smallest absolute Gasteiger partial charge is 0.344 e. The van der Waals surface area contributed by atoms with Crippen molar-refractivity contribution in [3.05, 3.63) is 29.8 Å². The molecule has 200 valence electrons. The van der Waals surface area contributed by atoms with E-state index in [-0.39, 0.29) is 24.7 Å². The Bertz CT molecular complexity index is 1060. The van der Waals surface area contributed by atoms with Gasteiger partial charge in [-0.15, -0.1) is 11.8 Å². The second-order valence-corrected chi connectivity index (χ2v) is 16.1. The minimum Gasteiger partial charge on any atom is -0.464 e. The first kappa shape index (κ1) is 29.9. The number of nitrogens with one attached hydrogen (secondary N) is 2. The zero-order valence-corrected chi connectivity index (χ0v) is 24.5. The standard InChI is InChI=1S/C26H40N2O6SSi/c1-9-32-23(30)26(28-18(3)29,24(31)33-10-2)17-20-19-13-11-12-14-21(19)27-22(20)35-16-15-34-36(7,8)25(4,5)6/h11-14,27H,9-10,15-17H2,1-8H3,(H,28,29). The van der Waals surface area contributed by atoms with Gasteiger partial charge in [0.2, 0.25) is 11.4 Å². The first-order chi connectivity index (χ1) is 16.8. The highest BCUT2D eigenvalue weighted by molar-refractivity contribution is 7.99. The van der Waals surface area contributed by atoms with Crippen LogP contribution in [0.4, 0.5) is 0 Å². The first-order valence-electron chi connectivity index (χ1n) is 12.3. The Morgan fingerprint density at radius 2 is 1.61 bits per heavy atom. The molecule has 0 fully saturated rings. The summed E-state index contributed by atoms with van der Waals surface area (Å²) in [6, 6.07) is 7.66. The van der Waals surface area contributed by atoms with E-state index in [1.54, 1.807) is 25.6 Å². The predicted molar refractivity (Wildman–Crippen MR) is 146 cm³/mol. The van der Waals surface area contributed by atoms with Crippen LogP contribution >= 0.6 is 11.8 Å². The number of hydrogen-bond acceptors (Lipinski definition) is 7. The number of rotatable bonds is 12. The van der Waals surface area contributed by atoms with Gasteiger partial charge in [-0.2, -0.15) is 0 Å². The van der Waals surface area contributed by atoms with Gasteiger partial charge in [-0.25, -0.2) is 9.59 Å². The molecule has 0 spiro atoms. The lowest BCUT2D eigenvalue weighted by Crippen LogP contribution is -2.62. The van der Waals surface area contributed by atoms with Gasteiger partial charge in [0.15, 0.2) is 8.32 Å². The van der Waals surface area contributed by atoms with E-state index < -0.39 is 31.7 Å². The van der Waals surface area contributed by atoms with Crippen LogP contribution in [0.25, 0.3) is 10.9 Å². The summed E-state index contributed by atoms with van der Waals surface area (Å²) in [5.74, 6) is -1.55. The van der Waals surface area contributed by atoms with Crippen molar-refractivity contribution in [1.29, 1.82) is 0 Å². The van der Waals surface area contributed by atoms with Crippen molar-refractivity contribution in [1.82, 2.24) is 10.3 Å². The second-order valence-electron chi connectivity index (χ2n) is 10.1. The molecular formula is C26H40N2O6SSi. The molecule has 0 unspecified atom stereocenters. The summed E-state index contributed by atoms with van der Waals surface area (Å²) in [5, 5.41) is 4.34. The number of hydrogen-bond donors (Lipinski definition) is 2. The Hall–Kier alpha value is -2.30. The third-order valence-electron chi connectivity index (χ3n) is 6.45.